The van der Waals surface area contributed by atoms with Crippen LogP contribution in [0.4, 0.5) is 11.4 Å². The summed E-state index contributed by atoms with van der Waals surface area (Å²) in [5.74, 6) is -2.88. The number of ether oxygens (including phenoxy) is 2. The van der Waals surface area contributed by atoms with E-state index in [9.17, 15) is 79.3 Å². The van der Waals surface area contributed by atoms with E-state index in [4.69, 9.17) is 40.7 Å². The van der Waals surface area contributed by atoms with Crippen LogP contribution in [-0.4, -0.2) is 159 Å². The highest BCUT2D eigenvalue weighted by Gasteiger charge is 2.36. The first-order valence-electron chi connectivity index (χ1n) is 44.8. The quantitative estimate of drug-likeness (QED) is 0.0147. The van der Waals surface area contributed by atoms with E-state index in [-0.39, 0.29) is 80.7 Å². The molecule has 0 aromatic heterocycles. The maximum absolute atomic E-state index is 13.0. The number of rotatable bonds is 30. The molecule has 0 atom stereocenters. The third-order valence-electron chi connectivity index (χ3n) is 22.7. The van der Waals surface area contributed by atoms with Crippen molar-refractivity contribution in [2.45, 2.75) is 79.7 Å². The predicted octanol–water partition coefficient (Wildman–Crippen LogP) is 14.6. The maximum Gasteiger partial charge on any atom is 0.276 e. The van der Waals surface area contributed by atoms with Gasteiger partial charge in [-0.15, -0.1) is 0 Å². The SMILES string of the molecule is COc1ccc(NS(=O)(=O)c2ccccc2C(=O)NO)cc1.O=C(NO)c1ccccc1NS(=O)(=O)c1ccc(Oc2ccccc2)cc1.O=C(NO)c1ccccc1S(=O)(=O)Cc1ccc(-c2ccccc2)cc1.O=C(NO)c1ccccc1S(=O)(=O)N1CCC(Cc2ccccc2)CC1.O=C(NO)c1ccccc1S(=O)(=O)N1CCC(c2ccccc2)CC1.O=C(NO)c1ccccc1S(=O)(=O)NCc1ccccc1. The summed E-state index contributed by atoms with van der Waals surface area (Å²) in [6, 6.07) is 102. The van der Waals surface area contributed by atoms with Crippen molar-refractivity contribution in [3.05, 3.63) is 426 Å². The van der Waals surface area contributed by atoms with Crippen molar-refractivity contribution in [3.8, 4) is 28.4 Å². The molecule has 766 valence electrons. The second-order valence-electron chi connectivity index (χ2n) is 32.3. The van der Waals surface area contributed by atoms with Crippen LogP contribution in [0, 0.1) is 5.92 Å². The fourth-order valence-corrected chi connectivity index (χ4v) is 23.7. The lowest BCUT2D eigenvalue weighted by Gasteiger charge is -2.31. The summed E-state index contributed by atoms with van der Waals surface area (Å²) in [5, 5.41) is 52.7. The third kappa shape index (κ3) is 31.0. The van der Waals surface area contributed by atoms with Crippen LogP contribution in [0.25, 0.3) is 11.1 Å². The average Bonchev–Trinajstić information content (AvgIpc) is 0.799. The van der Waals surface area contributed by atoms with Crippen molar-refractivity contribution in [3.63, 3.8) is 0 Å². The number of carbonyl (C=O) groups is 6. The highest BCUT2D eigenvalue weighted by molar-refractivity contribution is 7.93. The predicted molar refractivity (Wildman–Crippen MR) is 544 cm³/mol. The van der Waals surface area contributed by atoms with E-state index in [0.29, 0.717) is 66.5 Å². The molecule has 15 N–H and O–H groups in total. The van der Waals surface area contributed by atoms with Crippen molar-refractivity contribution in [1.29, 1.82) is 0 Å². The van der Waals surface area contributed by atoms with Gasteiger partial charge >= 0.3 is 0 Å². The van der Waals surface area contributed by atoms with E-state index in [1.165, 1.54) is 199 Å². The number of anilines is 2. The maximum atomic E-state index is 13.0. The Morgan fingerprint density at radius 1 is 0.306 bits per heavy atom. The molecule has 0 unspecified atom stereocenters. The van der Waals surface area contributed by atoms with Gasteiger partial charge in [0.1, 0.15) is 22.1 Å². The van der Waals surface area contributed by atoms with E-state index >= 15 is 0 Å². The van der Waals surface area contributed by atoms with Gasteiger partial charge in [0, 0.05) is 38.4 Å². The molecule has 2 aliphatic rings. The minimum absolute atomic E-state index is 0.00196. The summed E-state index contributed by atoms with van der Waals surface area (Å²) >= 11 is 0. The van der Waals surface area contributed by atoms with Gasteiger partial charge in [-0.3, -0.25) is 69.5 Å². The Morgan fingerprint density at radius 2 is 0.646 bits per heavy atom. The van der Waals surface area contributed by atoms with Crippen LogP contribution in [0.5, 0.6) is 17.2 Å². The second-order valence-corrected chi connectivity index (χ2v) is 43.1. The first kappa shape index (κ1) is 112. The number of carbonyl (C=O) groups excluding carboxylic acids is 6. The molecule has 43 heteroatoms. The molecule has 2 heterocycles. The normalized spacial score (nSPS) is 12.9. The van der Waals surface area contributed by atoms with Crippen molar-refractivity contribution >= 4 is 107 Å². The molecule has 147 heavy (non-hydrogen) atoms. The Bertz CT molecular complexity index is 7570. The van der Waals surface area contributed by atoms with E-state index in [1.54, 1.807) is 103 Å². The van der Waals surface area contributed by atoms with Crippen molar-refractivity contribution < 1.29 is 120 Å². The lowest BCUT2D eigenvalue weighted by molar-refractivity contribution is 0.0698. The van der Waals surface area contributed by atoms with Crippen molar-refractivity contribution in [1.82, 2.24) is 46.2 Å². The molecule has 2 fully saturated rings. The molecule has 2 aliphatic heterocycles. The largest absolute Gasteiger partial charge is 0.497 e. The van der Waals surface area contributed by atoms with Gasteiger partial charge < -0.3 is 9.47 Å². The summed E-state index contributed by atoms with van der Waals surface area (Å²) in [5.41, 5.74) is 14.7. The Kier molecular flexibility index (Phi) is 40.6. The Labute approximate surface area is 849 Å². The lowest BCUT2D eigenvalue weighted by Crippen LogP contribution is -2.39. The first-order valence-corrected chi connectivity index (χ1v) is 53.8. The minimum Gasteiger partial charge on any atom is -0.497 e. The monoisotopic (exact) mass is 2110 g/mol. The van der Waals surface area contributed by atoms with Crippen LogP contribution in [0.1, 0.15) is 116 Å². The molecule has 0 bridgehead atoms. The molecule has 0 saturated carbocycles. The standard InChI is InChI=1S/C20H17NO4S.C19H16N2O5S.C19H22N2O4S.C18H20N2O4S.C14H14N2O5S.C14H14N2O4S/c22-20(21-23)18-8-4-5-9-19(18)26(24,25)14-15-10-12-17(13-11-15)16-6-2-1-3-7-16;22-19(20-23)17-8-4-5-9-18(17)21-27(24,25)16-12-10-15(11-13-16)26-14-6-2-1-3-7-14;22-19(20-23)17-8-4-5-9-18(17)26(24,25)21-12-10-16(11-13-21)14-15-6-2-1-3-7-15;21-18(19-22)16-8-4-5-9-17(16)25(23,24)20-12-10-15(11-13-20)14-6-2-1-3-7-14;1-21-11-8-6-10(7-9-11)16-22(19,20)13-5-3-2-4-12(13)14(17)15-18;17-14(16-18)12-8-4-5-9-13(12)21(19,20)15-10-11-6-2-1-3-7-11/h1-13,23H,14H2,(H,21,22);1-13,21,23H,(H,20,22);1-9,16,23H,10-14H2,(H,20,22);1-9,15,22H,10-13H2,(H,19,21);2-9,16,18H,1H3,(H,15,17);1-9,15,18H,10H2,(H,16,17). The average molecular weight is 2120 g/mol. The summed E-state index contributed by atoms with van der Waals surface area (Å²) in [6.07, 6.45) is 3.97. The first-order chi connectivity index (χ1) is 70.6. The highest BCUT2D eigenvalue weighted by atomic mass is 32.2. The summed E-state index contributed by atoms with van der Waals surface area (Å²) < 4.78 is 172. The summed E-state index contributed by atoms with van der Waals surface area (Å²) in [4.78, 5) is 69.3. The molecule has 2 saturated heterocycles. The van der Waals surface area contributed by atoms with Gasteiger partial charge in [-0.05, 0) is 211 Å². The van der Waals surface area contributed by atoms with Crippen LogP contribution in [-0.2, 0) is 78.7 Å². The van der Waals surface area contributed by atoms with Crippen molar-refractivity contribution in [2.75, 3.05) is 42.7 Å². The van der Waals surface area contributed by atoms with Crippen LogP contribution in [0.15, 0.2) is 399 Å². The molecule has 14 aromatic rings. The van der Waals surface area contributed by atoms with Crippen LogP contribution in [0.3, 0.4) is 0 Å². The second kappa shape index (κ2) is 53.3. The summed E-state index contributed by atoms with van der Waals surface area (Å²) in [6.45, 7) is 1.76. The zero-order valence-corrected chi connectivity index (χ0v) is 83.2. The number of piperidine rings is 2. The fourth-order valence-electron chi connectivity index (χ4n) is 15.3. The lowest BCUT2D eigenvalue weighted by atomic mass is 9.90. The van der Waals surface area contributed by atoms with Crippen LogP contribution in [0.2, 0.25) is 0 Å². The van der Waals surface area contributed by atoms with Crippen LogP contribution < -0.4 is 56.5 Å². The molecular weight excluding hydrogens is 2010 g/mol. The van der Waals surface area contributed by atoms with E-state index in [1.807, 2.05) is 103 Å². The number of amides is 6. The number of nitrogens with one attached hydrogen (secondary N) is 9. The minimum atomic E-state index is -3.98. The number of sulfone groups is 1. The number of para-hydroxylation sites is 2. The molecule has 6 amide bonds. The Morgan fingerprint density at radius 3 is 1.10 bits per heavy atom. The molecule has 37 nitrogen and oxygen atoms in total. The zero-order valence-electron chi connectivity index (χ0n) is 78.3. The summed E-state index contributed by atoms with van der Waals surface area (Å²) in [7, 11) is -21.6. The van der Waals surface area contributed by atoms with Gasteiger partial charge in [-0.1, -0.05) is 237 Å². The van der Waals surface area contributed by atoms with Gasteiger partial charge in [-0.25, -0.2) is 88.1 Å². The number of hydroxylamine groups is 6. The Hall–Kier alpha value is -15.6. The number of methoxy groups -OCH3 is 1. The number of benzene rings is 14. The van der Waals surface area contributed by atoms with E-state index < -0.39 is 95.4 Å². The number of hydrogen-bond donors (Lipinski definition) is 15. The van der Waals surface area contributed by atoms with Gasteiger partial charge in [0.25, 0.3) is 55.5 Å². The van der Waals surface area contributed by atoms with Gasteiger partial charge in [0.05, 0.1) is 76.4 Å². The molecule has 0 spiro atoms. The number of sulfonamides is 5. The molecule has 16 rings (SSSR count). The number of hydrogen-bond acceptors (Lipinski definition) is 26. The Balaban J connectivity index is 0.000000168. The van der Waals surface area contributed by atoms with E-state index in [0.717, 1.165) is 48.8 Å². The molecule has 0 aliphatic carbocycles. The topological polar surface area (TPSA) is 562 Å². The van der Waals surface area contributed by atoms with Gasteiger partial charge in [0.15, 0.2) is 9.84 Å². The van der Waals surface area contributed by atoms with Gasteiger partial charge in [-0.2, -0.15) is 8.61 Å². The molecule has 14 aromatic carbocycles. The molecule has 0 radical (unpaired) electrons. The zero-order chi connectivity index (χ0) is 106. The van der Waals surface area contributed by atoms with Crippen molar-refractivity contribution in [2.24, 2.45) is 5.92 Å². The smallest absolute Gasteiger partial charge is 0.276 e. The number of nitrogens with zero attached hydrogens (tertiary/aromatic N) is 2. The molecular formula is C104H103N11O26S6. The fraction of sp³-hybridized carbons (Fsp3) is 0.135. The van der Waals surface area contributed by atoms with Gasteiger partial charge in [0.2, 0.25) is 30.1 Å². The van der Waals surface area contributed by atoms with E-state index in [2.05, 4.69) is 38.4 Å². The van der Waals surface area contributed by atoms with Crippen LogP contribution >= 0.6 is 0 Å². The highest BCUT2D eigenvalue weighted by Crippen LogP contribution is 2.35. The third-order valence-corrected chi connectivity index (χ3v) is 32.6.